The van der Waals surface area contributed by atoms with Crippen molar-refractivity contribution < 1.29 is 60.0 Å². The molecule has 6 aromatic carbocycles. The third-order valence-electron chi connectivity index (χ3n) is 25.2. The van der Waals surface area contributed by atoms with Crippen LogP contribution in [0.4, 0.5) is 22.7 Å². The lowest BCUT2D eigenvalue weighted by molar-refractivity contribution is -0.386. The molecule has 28 nitrogen and oxygen atoms in total. The molecule has 125 heavy (non-hydrogen) atoms. The van der Waals surface area contributed by atoms with Gasteiger partial charge >= 0.3 is 0 Å². The Morgan fingerprint density at radius 1 is 0.544 bits per heavy atom. The molecular formula is C93H101Cl2N13O15S2. The number of allylic oxidation sites excluding steroid dienone is 2. The summed E-state index contributed by atoms with van der Waals surface area (Å²) in [4.78, 5) is 89.4. The number of nitro groups is 2. The van der Waals surface area contributed by atoms with E-state index < -0.39 is 57.2 Å². The predicted octanol–water partition coefficient (Wildman–Crippen LogP) is 17.6. The number of nitrogens with one attached hydrogen (secondary N) is 4. The third-order valence-corrected chi connectivity index (χ3v) is 28.3. The summed E-state index contributed by atoms with van der Waals surface area (Å²) in [6.07, 6.45) is 17.4. The van der Waals surface area contributed by atoms with Gasteiger partial charge in [-0.25, -0.2) is 36.2 Å². The summed E-state index contributed by atoms with van der Waals surface area (Å²) in [6.45, 7) is 21.0. The monoisotopic (exact) mass is 1770 g/mol. The molecule has 4 N–H and O–H groups in total. The SMILES string of the molecule is CC1(C)CCC(CN2CCN(c3ccc(C(=O)NS(=O)(=O)c4cc5c(c([N+](=O)[O-])c4)C[C@H](CC(=O)N4CCCCC4)CO5)c(Oc4cnc5[nH]ccc5c4)c3)CC2)=C(c2ccc(Cl)cc2)C1.CC[C@@H]1COc2cc(S(=O)(=O)NC(=O)c3ccc(N4CCN(CC5=C(c6ccc(Cl)cc6)CC(C)(C)CC5)CC4)cc3Oc3cnc4[nH]ccc4c3)cc([N+](=O)[O-])c2C1. The van der Waals surface area contributed by atoms with Gasteiger partial charge in [0.15, 0.2) is 0 Å². The van der Waals surface area contributed by atoms with Crippen molar-refractivity contribution in [1.29, 1.82) is 0 Å². The number of halogens is 2. The van der Waals surface area contributed by atoms with Crippen LogP contribution in [-0.2, 0) is 37.7 Å². The van der Waals surface area contributed by atoms with E-state index in [1.54, 1.807) is 54.9 Å². The van der Waals surface area contributed by atoms with E-state index in [2.05, 4.69) is 101 Å². The van der Waals surface area contributed by atoms with E-state index in [9.17, 15) is 51.4 Å². The Morgan fingerprint density at radius 3 is 1.39 bits per heavy atom. The van der Waals surface area contributed by atoms with E-state index in [4.69, 9.17) is 42.1 Å². The average molecular weight is 1780 g/mol. The number of amides is 3. The highest BCUT2D eigenvalue weighted by molar-refractivity contribution is 7.90. The van der Waals surface area contributed by atoms with Crippen molar-refractivity contribution in [1.82, 2.24) is 44.1 Å². The summed E-state index contributed by atoms with van der Waals surface area (Å²) in [5.41, 5.74) is 11.2. The number of nitrogens with zero attached hydrogens (tertiary/aromatic N) is 9. The molecule has 3 fully saturated rings. The van der Waals surface area contributed by atoms with Gasteiger partial charge in [-0.1, -0.05) is 93.2 Å². The second-order valence-electron chi connectivity index (χ2n) is 35.2. The van der Waals surface area contributed by atoms with Crippen molar-refractivity contribution in [3.8, 4) is 34.5 Å². The molecule has 0 saturated carbocycles. The molecule has 2 atom stereocenters. The quantitative estimate of drug-likeness (QED) is 0.0341. The fourth-order valence-electron chi connectivity index (χ4n) is 18.0. The number of carbonyl (C=O) groups is 3. The van der Waals surface area contributed by atoms with Crippen LogP contribution in [0.25, 0.3) is 33.2 Å². The summed E-state index contributed by atoms with van der Waals surface area (Å²) < 4.78 is 83.9. The maximum atomic E-state index is 14.1. The zero-order valence-electron chi connectivity index (χ0n) is 70.5. The first-order valence-corrected chi connectivity index (χ1v) is 46.3. The molecule has 4 aromatic heterocycles. The number of fused-ring (bicyclic) bond motifs is 4. The predicted molar refractivity (Wildman–Crippen MR) is 481 cm³/mol. The second-order valence-corrected chi connectivity index (χ2v) is 39.4. The smallest absolute Gasteiger partial charge is 0.277 e. The summed E-state index contributed by atoms with van der Waals surface area (Å²) in [5, 5.41) is 27.5. The zero-order valence-corrected chi connectivity index (χ0v) is 73.6. The molecule has 0 unspecified atom stereocenters. The van der Waals surface area contributed by atoms with E-state index in [1.165, 1.54) is 64.0 Å². The number of carbonyl (C=O) groups excluding carboxylic acids is 3. The topological polar surface area (TPSA) is 340 Å². The van der Waals surface area contributed by atoms with E-state index in [-0.39, 0.29) is 93.4 Å². The highest BCUT2D eigenvalue weighted by atomic mass is 35.5. The number of piperidine rings is 1. The van der Waals surface area contributed by atoms with Crippen LogP contribution >= 0.6 is 23.2 Å². The van der Waals surface area contributed by atoms with E-state index in [0.29, 0.717) is 67.6 Å². The van der Waals surface area contributed by atoms with Gasteiger partial charge in [0.1, 0.15) is 45.8 Å². The number of ether oxygens (including phenoxy) is 4. The largest absolute Gasteiger partial charge is 0.493 e. The first kappa shape index (κ1) is 87.1. The van der Waals surface area contributed by atoms with Crippen LogP contribution in [0, 0.1) is 42.9 Å². The molecule has 10 aromatic rings. The molecule has 7 aliphatic rings. The van der Waals surface area contributed by atoms with Gasteiger partial charge < -0.3 is 43.6 Å². The highest BCUT2D eigenvalue weighted by Gasteiger charge is 2.38. The Morgan fingerprint density at radius 2 is 0.968 bits per heavy atom. The Kier molecular flexibility index (Phi) is 25.5. The maximum Gasteiger partial charge on any atom is 0.277 e. The van der Waals surface area contributed by atoms with Gasteiger partial charge in [-0.05, 0) is 189 Å². The minimum absolute atomic E-state index is 0.0199. The Balaban J connectivity index is 0.000000186. The summed E-state index contributed by atoms with van der Waals surface area (Å²) in [6, 6.07) is 38.0. The van der Waals surface area contributed by atoms with Crippen molar-refractivity contribution in [2.75, 3.05) is 102 Å². The van der Waals surface area contributed by atoms with Gasteiger partial charge in [-0.2, -0.15) is 0 Å². The van der Waals surface area contributed by atoms with Gasteiger partial charge in [0.05, 0.1) is 67.5 Å². The second kappa shape index (κ2) is 36.6. The molecule has 2 aliphatic carbocycles. The molecule has 0 spiro atoms. The molecule has 654 valence electrons. The first-order chi connectivity index (χ1) is 59.9. The van der Waals surface area contributed by atoms with Crippen LogP contribution < -0.4 is 38.2 Å². The van der Waals surface area contributed by atoms with Crippen LogP contribution in [0.2, 0.25) is 10.0 Å². The van der Waals surface area contributed by atoms with Crippen LogP contribution in [0.3, 0.4) is 0 Å². The standard InChI is InChI=1S/C49H54ClN7O8S.C44H47ClN6O7S/c1-49(2)14-12-35(42(28-49)33-6-8-36(50)9-7-33)30-54-18-20-55(21-19-54)37-10-11-40(45(25-37)65-38-24-34-13-15-51-47(34)52-29-38)48(59)53-66(62,63)39-26-43(57(60)61)41-22-32(31-64-44(41)27-39)23-46(58)56-16-4-3-5-17-56;1-4-28-19-37-39(51(53)54)22-35(23-40(37)57-27-28)59(55,56)48-43(52)36-10-9-33(21-41(36)58-34-20-30-12-14-46-42(30)47-25-34)50-17-15-49(16-18-50)26-31-11-13-44(2,3)24-38(31)29-5-7-32(45)8-6-29/h6-11,13,15,24-27,29,32H,3-5,12,14,16-23,28,30-31H2,1-2H3,(H,51,52)(H,53,59);5-10,12,14,20-23,25,28H,4,11,13,15-19,24,26-27H2,1-3H3,(H,46,47)(H,48,52)/t32-;28-/m10/s1. The lowest BCUT2D eigenvalue weighted by Gasteiger charge is -2.39. The average Bonchev–Trinajstić information content (AvgIpc) is 1.24. The van der Waals surface area contributed by atoms with Crippen LogP contribution in [0.5, 0.6) is 34.5 Å². The van der Waals surface area contributed by atoms with Crippen LogP contribution in [0.1, 0.15) is 148 Å². The van der Waals surface area contributed by atoms with Gasteiger partial charge in [-0.3, -0.25) is 44.4 Å². The van der Waals surface area contributed by atoms with Gasteiger partial charge in [0.2, 0.25) is 5.91 Å². The van der Waals surface area contributed by atoms with Crippen LogP contribution in [0.15, 0.2) is 179 Å². The maximum absolute atomic E-state index is 14.1. The van der Waals surface area contributed by atoms with E-state index in [1.807, 2.05) is 48.2 Å². The summed E-state index contributed by atoms with van der Waals surface area (Å²) >= 11 is 12.5. The number of pyridine rings is 2. The normalized spacial score (nSPS) is 18.7. The minimum atomic E-state index is -4.68. The molecule has 17 rings (SSSR count). The fraction of sp³-hybridized carbons (Fsp3) is 0.387. The van der Waals surface area contributed by atoms with Crippen molar-refractivity contribution in [3.63, 3.8) is 0 Å². The number of piperazine rings is 2. The highest BCUT2D eigenvalue weighted by Crippen LogP contribution is 2.47. The lowest BCUT2D eigenvalue weighted by Crippen LogP contribution is -2.47. The summed E-state index contributed by atoms with van der Waals surface area (Å²) in [5.74, 6) is -1.14. The first-order valence-electron chi connectivity index (χ1n) is 42.6. The van der Waals surface area contributed by atoms with Crippen molar-refractivity contribution in [2.45, 2.75) is 128 Å². The molecule has 5 aliphatic heterocycles. The number of sulfonamides is 2. The number of anilines is 2. The van der Waals surface area contributed by atoms with Gasteiger partial charge in [-0.15, -0.1) is 0 Å². The molecule has 0 bridgehead atoms. The van der Waals surface area contributed by atoms with Crippen molar-refractivity contribution in [3.05, 3.63) is 233 Å². The molecule has 3 amide bonds. The number of aromatic amines is 2. The lowest BCUT2D eigenvalue weighted by atomic mass is 9.72. The van der Waals surface area contributed by atoms with Gasteiger partial charge in [0, 0.05) is 172 Å². The van der Waals surface area contributed by atoms with E-state index in [0.717, 1.165) is 161 Å². The number of likely N-dealkylation sites (tertiary alicyclic amines) is 1. The number of H-pyrrole nitrogens is 2. The van der Waals surface area contributed by atoms with Crippen molar-refractivity contribution in [2.24, 2.45) is 22.7 Å². The number of rotatable bonds is 23. The molecule has 32 heteroatoms. The zero-order chi connectivity index (χ0) is 87.6. The molecular weight excluding hydrogens is 1670 g/mol. The van der Waals surface area contributed by atoms with Crippen LogP contribution in [-0.4, -0.2) is 171 Å². The Labute approximate surface area is 736 Å². The number of hydrogen-bond donors (Lipinski definition) is 4. The fourth-order valence-corrected chi connectivity index (χ4v) is 20.2. The Bertz CT molecular complexity index is 6110. The van der Waals surface area contributed by atoms with Gasteiger partial charge in [0.25, 0.3) is 43.2 Å². The molecule has 0 radical (unpaired) electrons. The third kappa shape index (κ3) is 20.3. The van der Waals surface area contributed by atoms with Crippen molar-refractivity contribution >= 4 is 117 Å². The van der Waals surface area contributed by atoms with E-state index >= 15 is 0 Å². The molecule has 9 heterocycles. The number of hydrogen-bond acceptors (Lipinski definition) is 21. The number of benzene rings is 6. The summed E-state index contributed by atoms with van der Waals surface area (Å²) in [7, 11) is -9.26. The number of nitro benzene ring substituents is 2. The molecule has 3 saturated heterocycles. The number of aromatic nitrogens is 4. The minimum Gasteiger partial charge on any atom is -0.493 e. The Hall–Kier alpha value is -11.4.